The largest absolute Gasteiger partial charge is 0.381 e. The zero-order valence-electron chi connectivity index (χ0n) is 10.9. The highest BCUT2D eigenvalue weighted by atomic mass is 16.5. The van der Waals surface area contributed by atoms with Crippen LogP contribution in [0.3, 0.4) is 0 Å². The first-order valence-electron chi connectivity index (χ1n) is 6.56. The predicted molar refractivity (Wildman–Crippen MR) is 65.3 cm³/mol. The van der Waals surface area contributed by atoms with Crippen molar-refractivity contribution in [2.24, 2.45) is 5.92 Å². The lowest BCUT2D eigenvalue weighted by Crippen LogP contribution is -2.43. The molecule has 0 aromatic carbocycles. The normalized spacial score (nSPS) is 19.4. The van der Waals surface area contributed by atoms with Crippen LogP contribution < -0.4 is 0 Å². The molecule has 1 amide bonds. The molecule has 0 saturated carbocycles. The van der Waals surface area contributed by atoms with E-state index in [0.29, 0.717) is 24.3 Å². The summed E-state index contributed by atoms with van der Waals surface area (Å²) in [6.07, 6.45) is 3.78. The van der Waals surface area contributed by atoms with Crippen LogP contribution in [-0.2, 0) is 9.53 Å². The summed E-state index contributed by atoms with van der Waals surface area (Å²) >= 11 is 0. The molecule has 0 aliphatic carbocycles. The first-order chi connectivity index (χ1) is 7.69. The van der Waals surface area contributed by atoms with Gasteiger partial charge in [-0.2, -0.15) is 0 Å². The molecule has 1 aliphatic rings. The molecule has 0 aromatic rings. The zero-order chi connectivity index (χ0) is 12.0. The summed E-state index contributed by atoms with van der Waals surface area (Å²) in [5.74, 6) is 0.824. The molecule has 1 heterocycles. The summed E-state index contributed by atoms with van der Waals surface area (Å²) in [4.78, 5) is 14.2. The van der Waals surface area contributed by atoms with Crippen molar-refractivity contribution in [1.82, 2.24) is 4.90 Å². The molecule has 0 aromatic heterocycles. The summed E-state index contributed by atoms with van der Waals surface area (Å²) < 4.78 is 5.34. The van der Waals surface area contributed by atoms with Gasteiger partial charge in [0, 0.05) is 32.2 Å². The topological polar surface area (TPSA) is 29.5 Å². The Kier molecular flexibility index (Phi) is 5.81. The van der Waals surface area contributed by atoms with Crippen LogP contribution in [0.5, 0.6) is 0 Å². The first kappa shape index (κ1) is 13.5. The molecule has 3 heteroatoms. The highest BCUT2D eigenvalue weighted by Crippen LogP contribution is 2.17. The minimum atomic E-state index is 0.323. The van der Waals surface area contributed by atoms with E-state index in [0.717, 1.165) is 39.0 Å². The Morgan fingerprint density at radius 3 is 2.50 bits per heavy atom. The molecule has 0 radical (unpaired) electrons. The van der Waals surface area contributed by atoms with Gasteiger partial charge in [-0.15, -0.1) is 0 Å². The first-order valence-corrected chi connectivity index (χ1v) is 6.56. The van der Waals surface area contributed by atoms with Gasteiger partial charge in [0.05, 0.1) is 0 Å². The van der Waals surface area contributed by atoms with E-state index in [-0.39, 0.29) is 0 Å². The smallest absolute Gasteiger partial charge is 0.223 e. The van der Waals surface area contributed by atoms with Crippen molar-refractivity contribution in [3.05, 3.63) is 0 Å². The molecule has 1 atom stereocenters. The second kappa shape index (κ2) is 6.89. The number of hydrogen-bond acceptors (Lipinski definition) is 2. The SMILES string of the molecule is CCC(C)CC(=O)N(CC)C1CCOCC1. The van der Waals surface area contributed by atoms with Gasteiger partial charge in [0.25, 0.3) is 0 Å². The second-order valence-electron chi connectivity index (χ2n) is 4.74. The standard InChI is InChI=1S/C13H25NO2/c1-4-11(3)10-13(15)14(5-2)12-6-8-16-9-7-12/h11-12H,4-10H2,1-3H3. The van der Waals surface area contributed by atoms with Crippen LogP contribution in [-0.4, -0.2) is 36.6 Å². The van der Waals surface area contributed by atoms with E-state index in [2.05, 4.69) is 25.7 Å². The Balaban J connectivity index is 2.48. The van der Waals surface area contributed by atoms with Gasteiger partial charge >= 0.3 is 0 Å². The minimum absolute atomic E-state index is 0.323. The van der Waals surface area contributed by atoms with Crippen molar-refractivity contribution < 1.29 is 9.53 Å². The van der Waals surface area contributed by atoms with Gasteiger partial charge in [0.2, 0.25) is 5.91 Å². The van der Waals surface area contributed by atoms with Gasteiger partial charge in [-0.3, -0.25) is 4.79 Å². The molecule has 0 bridgehead atoms. The highest BCUT2D eigenvalue weighted by Gasteiger charge is 2.24. The van der Waals surface area contributed by atoms with Crippen LogP contribution >= 0.6 is 0 Å². The van der Waals surface area contributed by atoms with Crippen LogP contribution in [0, 0.1) is 5.92 Å². The average molecular weight is 227 g/mol. The minimum Gasteiger partial charge on any atom is -0.381 e. The molecule has 1 rings (SSSR count). The fourth-order valence-electron chi connectivity index (χ4n) is 2.19. The van der Waals surface area contributed by atoms with E-state index < -0.39 is 0 Å². The number of ether oxygens (including phenoxy) is 1. The van der Waals surface area contributed by atoms with E-state index >= 15 is 0 Å². The number of carbonyl (C=O) groups is 1. The van der Waals surface area contributed by atoms with E-state index in [1.807, 2.05) is 0 Å². The zero-order valence-corrected chi connectivity index (χ0v) is 10.9. The molecular formula is C13H25NO2. The molecule has 94 valence electrons. The van der Waals surface area contributed by atoms with Crippen LogP contribution in [0.4, 0.5) is 0 Å². The van der Waals surface area contributed by atoms with Gasteiger partial charge in [0.15, 0.2) is 0 Å². The summed E-state index contributed by atoms with van der Waals surface area (Å²) in [5, 5.41) is 0. The molecule has 0 spiro atoms. The maximum atomic E-state index is 12.1. The maximum absolute atomic E-state index is 12.1. The third kappa shape index (κ3) is 3.78. The number of nitrogens with zero attached hydrogens (tertiary/aromatic N) is 1. The summed E-state index contributed by atoms with van der Waals surface area (Å²) in [6, 6.07) is 0.412. The van der Waals surface area contributed by atoms with E-state index in [1.165, 1.54) is 0 Å². The van der Waals surface area contributed by atoms with Crippen molar-refractivity contribution in [3.8, 4) is 0 Å². The molecule has 1 aliphatic heterocycles. The van der Waals surface area contributed by atoms with Crippen molar-refractivity contribution in [1.29, 1.82) is 0 Å². The quantitative estimate of drug-likeness (QED) is 0.722. The highest BCUT2D eigenvalue weighted by molar-refractivity contribution is 5.76. The lowest BCUT2D eigenvalue weighted by atomic mass is 10.0. The van der Waals surface area contributed by atoms with Crippen LogP contribution in [0.25, 0.3) is 0 Å². The lowest BCUT2D eigenvalue weighted by Gasteiger charge is -2.34. The Morgan fingerprint density at radius 1 is 1.38 bits per heavy atom. The van der Waals surface area contributed by atoms with Crippen LogP contribution in [0.15, 0.2) is 0 Å². The second-order valence-corrected chi connectivity index (χ2v) is 4.74. The number of rotatable bonds is 5. The van der Waals surface area contributed by atoms with E-state index in [1.54, 1.807) is 0 Å². The van der Waals surface area contributed by atoms with Crippen molar-refractivity contribution in [2.45, 2.75) is 52.5 Å². The Labute approximate surface area is 99.1 Å². The number of hydrogen-bond donors (Lipinski definition) is 0. The monoisotopic (exact) mass is 227 g/mol. The fraction of sp³-hybridized carbons (Fsp3) is 0.923. The predicted octanol–water partition coefficient (Wildman–Crippen LogP) is 2.45. The summed E-state index contributed by atoms with van der Waals surface area (Å²) in [7, 11) is 0. The van der Waals surface area contributed by atoms with Crippen LogP contribution in [0.1, 0.15) is 46.5 Å². The summed E-state index contributed by atoms with van der Waals surface area (Å²) in [6.45, 7) is 8.80. The van der Waals surface area contributed by atoms with Crippen molar-refractivity contribution in [3.63, 3.8) is 0 Å². The van der Waals surface area contributed by atoms with E-state index in [4.69, 9.17) is 4.74 Å². The molecule has 1 fully saturated rings. The van der Waals surface area contributed by atoms with Crippen LogP contribution in [0.2, 0.25) is 0 Å². The fourth-order valence-corrected chi connectivity index (χ4v) is 2.19. The molecule has 1 saturated heterocycles. The maximum Gasteiger partial charge on any atom is 0.223 e. The Morgan fingerprint density at radius 2 is 2.00 bits per heavy atom. The van der Waals surface area contributed by atoms with Gasteiger partial charge in [-0.25, -0.2) is 0 Å². The van der Waals surface area contributed by atoms with Gasteiger partial charge in [-0.1, -0.05) is 20.3 Å². The Hall–Kier alpha value is -0.570. The number of carbonyl (C=O) groups excluding carboxylic acids is 1. The molecule has 16 heavy (non-hydrogen) atoms. The van der Waals surface area contributed by atoms with Crippen molar-refractivity contribution >= 4 is 5.91 Å². The molecule has 0 N–H and O–H groups in total. The Bertz CT molecular complexity index is 212. The average Bonchev–Trinajstić information content (AvgIpc) is 2.31. The van der Waals surface area contributed by atoms with Gasteiger partial charge in [-0.05, 0) is 25.7 Å². The molecule has 3 nitrogen and oxygen atoms in total. The van der Waals surface area contributed by atoms with Crippen molar-refractivity contribution in [2.75, 3.05) is 19.8 Å². The third-order valence-corrected chi connectivity index (χ3v) is 3.51. The lowest BCUT2D eigenvalue weighted by molar-refractivity contribution is -0.136. The van der Waals surface area contributed by atoms with Gasteiger partial charge < -0.3 is 9.64 Å². The van der Waals surface area contributed by atoms with Gasteiger partial charge in [0.1, 0.15) is 0 Å². The number of amides is 1. The van der Waals surface area contributed by atoms with E-state index in [9.17, 15) is 4.79 Å². The summed E-state index contributed by atoms with van der Waals surface area (Å²) in [5.41, 5.74) is 0. The third-order valence-electron chi connectivity index (χ3n) is 3.51. The molecular weight excluding hydrogens is 202 g/mol. The molecule has 1 unspecified atom stereocenters.